The number of halogens is 2. The van der Waals surface area contributed by atoms with Crippen molar-refractivity contribution in [2.75, 3.05) is 12.8 Å². The number of azo groups is 1. The second-order valence-electron chi connectivity index (χ2n) is 3.72. The molecule has 0 unspecified atom stereocenters. The minimum atomic E-state index is 0.583. The van der Waals surface area contributed by atoms with Crippen LogP contribution in [0.4, 0.5) is 17.1 Å². The Balaban J connectivity index is 2.27. The van der Waals surface area contributed by atoms with Crippen LogP contribution in [0.2, 0.25) is 0 Å². The van der Waals surface area contributed by atoms with Crippen molar-refractivity contribution in [3.8, 4) is 5.75 Å². The highest BCUT2D eigenvalue weighted by atomic mass is 79.9. The van der Waals surface area contributed by atoms with Crippen LogP contribution in [0.15, 0.2) is 55.6 Å². The molecule has 0 spiro atoms. The molecule has 0 heterocycles. The Labute approximate surface area is 127 Å². The molecule has 4 nitrogen and oxygen atoms in total. The number of hydrogen-bond acceptors (Lipinski definition) is 4. The van der Waals surface area contributed by atoms with E-state index < -0.39 is 0 Å². The Morgan fingerprint density at radius 1 is 1.05 bits per heavy atom. The molecule has 0 aromatic heterocycles. The molecular formula is C13H11Br2N3O. The fraction of sp³-hybridized carbons (Fsp3) is 0.0769. The minimum absolute atomic E-state index is 0.583. The summed E-state index contributed by atoms with van der Waals surface area (Å²) in [6.45, 7) is 0. The van der Waals surface area contributed by atoms with Crippen molar-refractivity contribution in [1.82, 2.24) is 0 Å². The second kappa shape index (κ2) is 6.16. The number of hydrogen-bond donors (Lipinski definition) is 1. The van der Waals surface area contributed by atoms with E-state index in [1.807, 2.05) is 30.3 Å². The third-order valence-corrected chi connectivity index (χ3v) is 3.51. The monoisotopic (exact) mass is 383 g/mol. The maximum absolute atomic E-state index is 5.83. The molecule has 0 fully saturated rings. The lowest BCUT2D eigenvalue weighted by Crippen LogP contribution is -1.84. The summed E-state index contributed by atoms with van der Waals surface area (Å²) in [4.78, 5) is 0. The summed E-state index contributed by atoms with van der Waals surface area (Å²) in [5, 5.41) is 8.30. The van der Waals surface area contributed by atoms with Crippen molar-refractivity contribution in [3.63, 3.8) is 0 Å². The fourth-order valence-corrected chi connectivity index (χ4v) is 2.31. The van der Waals surface area contributed by atoms with Gasteiger partial charge in [-0.15, -0.1) is 5.11 Å². The molecule has 98 valence electrons. The van der Waals surface area contributed by atoms with Gasteiger partial charge in [0.1, 0.15) is 11.4 Å². The van der Waals surface area contributed by atoms with Gasteiger partial charge in [-0.3, -0.25) is 0 Å². The molecule has 0 atom stereocenters. The molecule has 19 heavy (non-hydrogen) atoms. The quantitative estimate of drug-likeness (QED) is 0.582. The lowest BCUT2D eigenvalue weighted by Gasteiger charge is -2.03. The van der Waals surface area contributed by atoms with Gasteiger partial charge in [-0.1, -0.05) is 15.9 Å². The number of anilines is 1. The van der Waals surface area contributed by atoms with Gasteiger partial charge < -0.3 is 10.5 Å². The van der Waals surface area contributed by atoms with E-state index in [0.29, 0.717) is 17.1 Å². The van der Waals surface area contributed by atoms with Crippen LogP contribution < -0.4 is 10.5 Å². The van der Waals surface area contributed by atoms with Crippen LogP contribution in [0.3, 0.4) is 0 Å². The molecule has 2 aromatic rings. The van der Waals surface area contributed by atoms with Crippen LogP contribution in [0.1, 0.15) is 0 Å². The highest BCUT2D eigenvalue weighted by molar-refractivity contribution is 9.10. The van der Waals surface area contributed by atoms with E-state index in [4.69, 9.17) is 10.5 Å². The van der Waals surface area contributed by atoms with Crippen molar-refractivity contribution >= 4 is 48.9 Å². The zero-order valence-electron chi connectivity index (χ0n) is 10.1. The first-order valence-corrected chi connectivity index (χ1v) is 6.99. The Morgan fingerprint density at radius 2 is 1.84 bits per heavy atom. The van der Waals surface area contributed by atoms with Gasteiger partial charge in [0.05, 0.1) is 23.0 Å². The van der Waals surface area contributed by atoms with Gasteiger partial charge in [0.25, 0.3) is 0 Å². The molecular weight excluding hydrogens is 374 g/mol. The first-order valence-electron chi connectivity index (χ1n) is 5.40. The number of ether oxygens (including phenoxy) is 1. The maximum Gasteiger partial charge on any atom is 0.133 e. The van der Waals surface area contributed by atoms with Gasteiger partial charge in [-0.05, 0) is 52.3 Å². The molecule has 0 saturated heterocycles. The van der Waals surface area contributed by atoms with E-state index in [9.17, 15) is 0 Å². The van der Waals surface area contributed by atoms with Crippen molar-refractivity contribution in [1.29, 1.82) is 0 Å². The fourth-order valence-electron chi connectivity index (χ4n) is 1.43. The number of methoxy groups -OCH3 is 1. The smallest absolute Gasteiger partial charge is 0.133 e. The first kappa shape index (κ1) is 14.0. The number of nitrogen functional groups attached to an aromatic ring is 1. The maximum atomic E-state index is 5.83. The van der Waals surface area contributed by atoms with Gasteiger partial charge >= 0.3 is 0 Å². The van der Waals surface area contributed by atoms with Crippen LogP contribution >= 0.6 is 31.9 Å². The van der Waals surface area contributed by atoms with E-state index in [0.717, 1.165) is 14.7 Å². The Bertz CT molecular complexity index is 629. The molecule has 0 saturated carbocycles. The van der Waals surface area contributed by atoms with Crippen LogP contribution in [0.25, 0.3) is 0 Å². The van der Waals surface area contributed by atoms with Gasteiger partial charge in [0, 0.05) is 4.47 Å². The molecule has 0 bridgehead atoms. The predicted octanol–water partition coefficient (Wildman–Crippen LogP) is 5.22. The van der Waals surface area contributed by atoms with Gasteiger partial charge in [0.2, 0.25) is 0 Å². The van der Waals surface area contributed by atoms with E-state index in [1.165, 1.54) is 0 Å². The van der Waals surface area contributed by atoms with Gasteiger partial charge in [-0.25, -0.2) is 0 Å². The van der Waals surface area contributed by atoms with E-state index in [2.05, 4.69) is 42.1 Å². The molecule has 0 radical (unpaired) electrons. The standard InChI is InChI=1S/C13H11Br2N3O/c1-19-13-5-3-9(7-10(13)15)17-18-12-6-8(14)2-4-11(12)16/h2-7H,16H2,1H3. The molecule has 6 heteroatoms. The lowest BCUT2D eigenvalue weighted by atomic mass is 10.3. The largest absolute Gasteiger partial charge is 0.496 e. The van der Waals surface area contributed by atoms with Crippen LogP contribution in [0.5, 0.6) is 5.75 Å². The number of benzene rings is 2. The summed E-state index contributed by atoms with van der Waals surface area (Å²) in [6.07, 6.45) is 0. The third-order valence-electron chi connectivity index (χ3n) is 2.40. The SMILES string of the molecule is COc1ccc(N=Nc2cc(Br)ccc2N)cc1Br. The van der Waals surface area contributed by atoms with Crippen molar-refractivity contribution < 1.29 is 4.74 Å². The van der Waals surface area contributed by atoms with Crippen LogP contribution in [-0.4, -0.2) is 7.11 Å². The average Bonchev–Trinajstić information content (AvgIpc) is 2.40. The van der Waals surface area contributed by atoms with Crippen LogP contribution in [-0.2, 0) is 0 Å². The summed E-state index contributed by atoms with van der Waals surface area (Å²) in [5.41, 5.74) is 7.75. The predicted molar refractivity (Wildman–Crippen MR) is 83.4 cm³/mol. The Kier molecular flexibility index (Phi) is 4.55. The zero-order valence-corrected chi connectivity index (χ0v) is 13.3. The molecule has 2 rings (SSSR count). The summed E-state index contributed by atoms with van der Waals surface area (Å²) >= 11 is 6.77. The third kappa shape index (κ3) is 3.54. The highest BCUT2D eigenvalue weighted by Crippen LogP contribution is 2.31. The molecule has 2 aromatic carbocycles. The van der Waals surface area contributed by atoms with E-state index in [-0.39, 0.29) is 0 Å². The second-order valence-corrected chi connectivity index (χ2v) is 5.49. The van der Waals surface area contributed by atoms with Gasteiger partial charge in [0.15, 0.2) is 0 Å². The normalized spacial score (nSPS) is 10.9. The summed E-state index contributed by atoms with van der Waals surface area (Å²) in [7, 11) is 1.61. The van der Waals surface area contributed by atoms with E-state index in [1.54, 1.807) is 13.2 Å². The topological polar surface area (TPSA) is 60.0 Å². The minimum Gasteiger partial charge on any atom is -0.496 e. The van der Waals surface area contributed by atoms with Gasteiger partial charge in [-0.2, -0.15) is 5.11 Å². The number of nitrogens with two attached hydrogens (primary N) is 1. The number of nitrogens with zero attached hydrogens (tertiary/aromatic N) is 2. The highest BCUT2D eigenvalue weighted by Gasteiger charge is 2.02. The van der Waals surface area contributed by atoms with Crippen LogP contribution in [0, 0.1) is 0 Å². The average molecular weight is 385 g/mol. The van der Waals surface area contributed by atoms with Crippen molar-refractivity contribution in [2.24, 2.45) is 10.2 Å². The molecule has 0 aliphatic heterocycles. The Morgan fingerprint density at radius 3 is 2.53 bits per heavy atom. The van der Waals surface area contributed by atoms with Crippen molar-refractivity contribution in [3.05, 3.63) is 45.3 Å². The van der Waals surface area contributed by atoms with E-state index >= 15 is 0 Å². The summed E-state index contributed by atoms with van der Waals surface area (Å²) in [6, 6.07) is 10.9. The number of rotatable bonds is 3. The Hall–Kier alpha value is -1.40. The molecule has 0 amide bonds. The summed E-state index contributed by atoms with van der Waals surface area (Å²) < 4.78 is 6.89. The zero-order chi connectivity index (χ0) is 13.8. The molecule has 0 aliphatic rings. The lowest BCUT2D eigenvalue weighted by molar-refractivity contribution is 0.412. The molecule has 0 aliphatic carbocycles. The first-order chi connectivity index (χ1) is 9.10. The molecule has 2 N–H and O–H groups in total. The van der Waals surface area contributed by atoms with Crippen molar-refractivity contribution in [2.45, 2.75) is 0 Å². The summed E-state index contributed by atoms with van der Waals surface area (Å²) in [5.74, 6) is 0.751.